The number of carbonyl (C=O) groups excluding carboxylic acids is 1. The van der Waals surface area contributed by atoms with E-state index in [1.165, 1.54) is 32.4 Å². The number of imidazole rings is 1. The van der Waals surface area contributed by atoms with E-state index in [1.54, 1.807) is 30.1 Å². The number of nitrogens with zero attached hydrogens (tertiary/aromatic N) is 2. The molecule has 0 radical (unpaired) electrons. The van der Waals surface area contributed by atoms with E-state index in [9.17, 15) is 19.8 Å². The number of methoxy groups -OCH3 is 2. The van der Waals surface area contributed by atoms with Gasteiger partial charge in [-0.15, -0.1) is 0 Å². The van der Waals surface area contributed by atoms with Gasteiger partial charge >= 0.3 is 5.97 Å². The lowest BCUT2D eigenvalue weighted by Gasteiger charge is -2.21. The monoisotopic (exact) mass is 427 g/mol. The van der Waals surface area contributed by atoms with Crippen LogP contribution < -0.4 is 10.3 Å². The minimum absolute atomic E-state index is 0.0603. The van der Waals surface area contributed by atoms with Crippen LogP contribution >= 0.6 is 0 Å². The van der Waals surface area contributed by atoms with E-state index in [0.29, 0.717) is 24.2 Å². The Labute approximate surface area is 178 Å². The van der Waals surface area contributed by atoms with Crippen molar-refractivity contribution in [3.63, 3.8) is 0 Å². The normalized spacial score (nSPS) is 11.8. The molecule has 0 amide bonds. The number of pyridine rings is 1. The third kappa shape index (κ3) is 4.71. The van der Waals surface area contributed by atoms with Gasteiger partial charge in [-0.3, -0.25) is 9.59 Å². The van der Waals surface area contributed by atoms with Crippen molar-refractivity contribution in [2.24, 2.45) is 0 Å². The number of nitrogens with one attached hydrogen (secondary N) is 1. The van der Waals surface area contributed by atoms with Gasteiger partial charge in [0.2, 0.25) is 0 Å². The second-order valence-electron chi connectivity index (χ2n) is 7.13. The predicted octanol–water partition coefficient (Wildman–Crippen LogP) is 2.24. The highest BCUT2D eigenvalue weighted by Gasteiger charge is 2.27. The zero-order valence-corrected chi connectivity index (χ0v) is 17.6. The van der Waals surface area contributed by atoms with Gasteiger partial charge in [0.1, 0.15) is 5.75 Å². The molecule has 0 unspecified atom stereocenters. The molecule has 3 aromatic rings. The smallest absolute Gasteiger partial charge is 0.306 e. The molecule has 164 valence electrons. The summed E-state index contributed by atoms with van der Waals surface area (Å²) in [6, 6.07) is 6.09. The number of aryl methyl sites for hydroxylation is 2. The maximum absolute atomic E-state index is 13.4. The molecule has 3 rings (SSSR count). The molecular formula is C22H25N3O6. The van der Waals surface area contributed by atoms with Gasteiger partial charge < -0.3 is 29.2 Å². The molecule has 9 heteroatoms. The maximum atomic E-state index is 13.4. The minimum Gasteiger partial charge on any atom is -0.507 e. The van der Waals surface area contributed by atoms with Gasteiger partial charge in [-0.1, -0.05) is 6.07 Å². The molecule has 0 aliphatic carbocycles. The van der Waals surface area contributed by atoms with E-state index in [4.69, 9.17) is 9.47 Å². The molecule has 2 heterocycles. The lowest BCUT2D eigenvalue weighted by molar-refractivity contribution is -0.140. The molecule has 0 aliphatic rings. The van der Waals surface area contributed by atoms with Crippen molar-refractivity contribution in [1.29, 1.82) is 0 Å². The maximum Gasteiger partial charge on any atom is 0.306 e. The number of carbonyl (C=O) groups is 1. The SMILES string of the molecule is COC(=O)C[C@@H](c1ccc(OC)c(O)c1)c1c(O)cc(C)n(CCc2cnc[nH]2)c1=O. The van der Waals surface area contributed by atoms with Gasteiger partial charge in [-0.05, 0) is 30.7 Å². The highest BCUT2D eigenvalue weighted by Crippen LogP contribution is 2.36. The van der Waals surface area contributed by atoms with Crippen molar-refractivity contribution in [2.45, 2.75) is 32.2 Å². The number of hydrogen-bond acceptors (Lipinski definition) is 7. The Bertz CT molecular complexity index is 1120. The summed E-state index contributed by atoms with van der Waals surface area (Å²) in [6.45, 7) is 2.09. The average Bonchev–Trinajstić information content (AvgIpc) is 3.26. The van der Waals surface area contributed by atoms with E-state index < -0.39 is 17.4 Å². The lowest BCUT2D eigenvalue weighted by Crippen LogP contribution is -2.29. The van der Waals surface area contributed by atoms with Crippen LogP contribution in [0.4, 0.5) is 0 Å². The molecule has 9 nitrogen and oxygen atoms in total. The Balaban J connectivity index is 2.09. The van der Waals surface area contributed by atoms with Crippen molar-refractivity contribution in [3.8, 4) is 17.2 Å². The fraction of sp³-hybridized carbons (Fsp3) is 0.318. The Hall–Kier alpha value is -3.75. The van der Waals surface area contributed by atoms with Crippen LogP contribution in [0.1, 0.15) is 34.9 Å². The fourth-order valence-corrected chi connectivity index (χ4v) is 3.59. The first-order chi connectivity index (χ1) is 14.8. The van der Waals surface area contributed by atoms with Crippen LogP contribution in [0.25, 0.3) is 0 Å². The van der Waals surface area contributed by atoms with E-state index in [-0.39, 0.29) is 29.2 Å². The van der Waals surface area contributed by atoms with Crippen LogP contribution in [0, 0.1) is 6.92 Å². The summed E-state index contributed by atoms with van der Waals surface area (Å²) in [4.78, 5) is 32.5. The molecule has 0 spiro atoms. The van der Waals surface area contributed by atoms with Crippen molar-refractivity contribution in [3.05, 3.63) is 69.7 Å². The second kappa shape index (κ2) is 9.38. The van der Waals surface area contributed by atoms with Crippen molar-refractivity contribution < 1.29 is 24.5 Å². The number of phenols is 1. The Kier molecular flexibility index (Phi) is 6.64. The standard InChI is InChI=1S/C22H25N3O6/c1-13-8-18(27)21(22(29)25(13)7-6-15-11-23-12-24-15)16(10-20(28)31-3)14-4-5-19(30-2)17(26)9-14/h4-5,8-9,11-12,16,26-27H,6-7,10H2,1-3H3,(H,23,24)/t16-/m0/s1. The third-order valence-electron chi connectivity index (χ3n) is 5.23. The summed E-state index contributed by atoms with van der Waals surface area (Å²) >= 11 is 0. The first kappa shape index (κ1) is 21.9. The predicted molar refractivity (Wildman–Crippen MR) is 113 cm³/mol. The second-order valence-corrected chi connectivity index (χ2v) is 7.13. The zero-order chi connectivity index (χ0) is 22.5. The topological polar surface area (TPSA) is 127 Å². The van der Waals surface area contributed by atoms with Crippen LogP contribution in [0.2, 0.25) is 0 Å². The molecule has 0 aliphatic heterocycles. The van der Waals surface area contributed by atoms with E-state index >= 15 is 0 Å². The quantitative estimate of drug-likeness (QED) is 0.471. The first-order valence-electron chi connectivity index (χ1n) is 9.70. The van der Waals surface area contributed by atoms with E-state index in [1.807, 2.05) is 0 Å². The van der Waals surface area contributed by atoms with Crippen LogP contribution in [0.5, 0.6) is 17.2 Å². The van der Waals surface area contributed by atoms with Gasteiger partial charge in [0, 0.05) is 36.5 Å². The number of aromatic nitrogens is 3. The fourth-order valence-electron chi connectivity index (χ4n) is 3.59. The van der Waals surface area contributed by atoms with Crippen molar-refractivity contribution >= 4 is 5.97 Å². The number of hydrogen-bond donors (Lipinski definition) is 3. The molecule has 2 aromatic heterocycles. The molecule has 1 atom stereocenters. The molecule has 0 fully saturated rings. The number of ether oxygens (including phenoxy) is 2. The summed E-state index contributed by atoms with van der Waals surface area (Å²) in [6.07, 6.45) is 3.60. The van der Waals surface area contributed by atoms with Crippen molar-refractivity contribution in [2.75, 3.05) is 14.2 Å². The summed E-state index contributed by atoms with van der Waals surface area (Å²) < 4.78 is 11.4. The highest BCUT2D eigenvalue weighted by molar-refractivity contribution is 5.71. The number of H-pyrrole nitrogens is 1. The highest BCUT2D eigenvalue weighted by atomic mass is 16.5. The summed E-state index contributed by atoms with van der Waals surface area (Å²) in [7, 11) is 2.67. The van der Waals surface area contributed by atoms with Gasteiger partial charge in [-0.25, -0.2) is 4.98 Å². The third-order valence-corrected chi connectivity index (χ3v) is 5.23. The Morgan fingerprint density at radius 2 is 2.00 bits per heavy atom. The Morgan fingerprint density at radius 1 is 1.23 bits per heavy atom. The summed E-state index contributed by atoms with van der Waals surface area (Å²) in [5.41, 5.74) is 1.57. The lowest BCUT2D eigenvalue weighted by atomic mass is 9.88. The molecular weight excluding hydrogens is 402 g/mol. The van der Waals surface area contributed by atoms with Gasteiger partial charge in [0.05, 0.1) is 32.5 Å². The number of aromatic hydroxyl groups is 2. The number of rotatable bonds is 8. The molecule has 31 heavy (non-hydrogen) atoms. The Morgan fingerprint density at radius 3 is 2.61 bits per heavy atom. The molecule has 1 aromatic carbocycles. The van der Waals surface area contributed by atoms with E-state index in [2.05, 4.69) is 9.97 Å². The number of phenolic OH excluding ortho intramolecular Hbond substituents is 1. The minimum atomic E-state index is -0.823. The first-order valence-corrected chi connectivity index (χ1v) is 9.70. The largest absolute Gasteiger partial charge is 0.507 e. The average molecular weight is 427 g/mol. The molecule has 3 N–H and O–H groups in total. The van der Waals surface area contributed by atoms with Crippen LogP contribution in [0.15, 0.2) is 41.6 Å². The van der Waals surface area contributed by atoms with Crippen LogP contribution in [-0.4, -0.2) is 44.9 Å². The summed E-state index contributed by atoms with van der Waals surface area (Å²) in [5.74, 6) is -1.48. The molecule has 0 bridgehead atoms. The van der Waals surface area contributed by atoms with Gasteiger partial charge in [-0.2, -0.15) is 0 Å². The number of esters is 1. The van der Waals surface area contributed by atoms with Crippen LogP contribution in [-0.2, 0) is 22.5 Å². The van der Waals surface area contributed by atoms with Crippen LogP contribution in [0.3, 0.4) is 0 Å². The number of aromatic amines is 1. The zero-order valence-electron chi connectivity index (χ0n) is 17.6. The number of benzene rings is 1. The molecule has 0 saturated carbocycles. The van der Waals surface area contributed by atoms with E-state index in [0.717, 1.165) is 5.69 Å². The van der Waals surface area contributed by atoms with Crippen molar-refractivity contribution in [1.82, 2.24) is 14.5 Å². The summed E-state index contributed by atoms with van der Waals surface area (Å²) in [5, 5.41) is 20.9. The van der Waals surface area contributed by atoms with Gasteiger partial charge in [0.15, 0.2) is 11.5 Å². The van der Waals surface area contributed by atoms with Gasteiger partial charge in [0.25, 0.3) is 5.56 Å². The molecule has 0 saturated heterocycles.